The van der Waals surface area contributed by atoms with Crippen molar-refractivity contribution in [3.05, 3.63) is 30.3 Å². The lowest BCUT2D eigenvalue weighted by atomic mass is 10.1. The highest BCUT2D eigenvalue weighted by atomic mass is 16.2. The molecule has 0 bridgehead atoms. The molecule has 0 aromatic heterocycles. The van der Waals surface area contributed by atoms with Gasteiger partial charge in [-0.05, 0) is 25.6 Å². The fourth-order valence-electron chi connectivity index (χ4n) is 2.28. The average molecular weight is 247 g/mol. The van der Waals surface area contributed by atoms with Gasteiger partial charge in [-0.2, -0.15) is 0 Å². The summed E-state index contributed by atoms with van der Waals surface area (Å²) < 4.78 is 0. The number of carbonyl (C=O) groups excluding carboxylic acids is 1. The summed E-state index contributed by atoms with van der Waals surface area (Å²) in [6, 6.07) is 10.0. The van der Waals surface area contributed by atoms with Crippen molar-refractivity contribution in [1.82, 2.24) is 10.2 Å². The maximum absolute atomic E-state index is 12.2. The van der Waals surface area contributed by atoms with Crippen molar-refractivity contribution in [2.75, 3.05) is 25.0 Å². The van der Waals surface area contributed by atoms with Gasteiger partial charge < -0.3 is 10.6 Å². The molecule has 1 fully saturated rings. The van der Waals surface area contributed by atoms with Crippen LogP contribution in [0.5, 0.6) is 0 Å². The zero-order valence-corrected chi connectivity index (χ0v) is 11.0. The van der Waals surface area contributed by atoms with E-state index >= 15 is 0 Å². The fraction of sp³-hybridized carbons (Fsp3) is 0.500. The smallest absolute Gasteiger partial charge is 0.241 e. The second-order valence-corrected chi connectivity index (χ2v) is 4.67. The Balaban J connectivity index is 1.95. The second kappa shape index (κ2) is 5.98. The van der Waals surface area contributed by atoms with Crippen LogP contribution < -0.4 is 10.6 Å². The molecule has 1 aliphatic heterocycles. The van der Waals surface area contributed by atoms with E-state index in [0.29, 0.717) is 6.04 Å². The Kier molecular flexibility index (Phi) is 4.33. The number of rotatable bonds is 5. The zero-order chi connectivity index (χ0) is 13.0. The number of nitrogens with one attached hydrogen (secondary N) is 2. The van der Waals surface area contributed by atoms with Gasteiger partial charge in [0, 0.05) is 24.8 Å². The quantitative estimate of drug-likeness (QED) is 0.824. The van der Waals surface area contributed by atoms with Gasteiger partial charge in [-0.1, -0.05) is 25.1 Å². The van der Waals surface area contributed by atoms with Crippen LogP contribution in [0.15, 0.2) is 30.3 Å². The van der Waals surface area contributed by atoms with Crippen molar-refractivity contribution in [3.8, 4) is 0 Å². The van der Waals surface area contributed by atoms with Gasteiger partial charge in [0.05, 0.1) is 6.04 Å². The molecule has 1 amide bonds. The molecule has 2 N–H and O–H groups in total. The number of hydrogen-bond donors (Lipinski definition) is 2. The third kappa shape index (κ3) is 2.89. The van der Waals surface area contributed by atoms with Crippen molar-refractivity contribution in [3.63, 3.8) is 0 Å². The highest BCUT2D eigenvalue weighted by Crippen LogP contribution is 2.12. The Bertz CT molecular complexity index is 389. The van der Waals surface area contributed by atoms with E-state index in [1.54, 1.807) is 0 Å². The molecule has 1 aliphatic rings. The van der Waals surface area contributed by atoms with Crippen LogP contribution in [0.1, 0.15) is 13.8 Å². The molecule has 0 radical (unpaired) electrons. The summed E-state index contributed by atoms with van der Waals surface area (Å²) in [6.45, 7) is 6.94. The molecule has 98 valence electrons. The first-order valence-corrected chi connectivity index (χ1v) is 6.54. The van der Waals surface area contributed by atoms with Gasteiger partial charge >= 0.3 is 0 Å². The number of anilines is 1. The first kappa shape index (κ1) is 13.1. The summed E-state index contributed by atoms with van der Waals surface area (Å²) in [6.07, 6.45) is 0. The largest absolute Gasteiger partial charge is 0.325 e. The van der Waals surface area contributed by atoms with Gasteiger partial charge in [-0.15, -0.1) is 0 Å². The van der Waals surface area contributed by atoms with Crippen LogP contribution in [0.3, 0.4) is 0 Å². The molecular formula is C14H21N3O. The van der Waals surface area contributed by atoms with Gasteiger partial charge in [0.15, 0.2) is 0 Å². The van der Waals surface area contributed by atoms with Crippen LogP contribution in [-0.4, -0.2) is 42.5 Å². The van der Waals surface area contributed by atoms with Crippen LogP contribution in [-0.2, 0) is 4.79 Å². The molecule has 18 heavy (non-hydrogen) atoms. The highest BCUT2D eigenvalue weighted by Gasteiger charge is 2.30. The van der Waals surface area contributed by atoms with E-state index in [2.05, 4.69) is 22.5 Å². The van der Waals surface area contributed by atoms with Crippen LogP contribution >= 0.6 is 0 Å². The predicted molar refractivity (Wildman–Crippen MR) is 73.6 cm³/mol. The van der Waals surface area contributed by atoms with Crippen molar-refractivity contribution in [2.24, 2.45) is 0 Å². The summed E-state index contributed by atoms with van der Waals surface area (Å²) in [5.74, 6) is 0.0648. The third-order valence-electron chi connectivity index (χ3n) is 3.51. The molecule has 4 nitrogen and oxygen atoms in total. The van der Waals surface area contributed by atoms with E-state index in [0.717, 1.165) is 25.3 Å². The Morgan fingerprint density at radius 3 is 2.61 bits per heavy atom. The van der Waals surface area contributed by atoms with E-state index in [1.165, 1.54) is 0 Å². The standard InChI is InChI=1S/C14H21N3O/c1-3-17(13-9-15-10-13)11(2)14(18)16-12-7-5-4-6-8-12/h4-8,11,13,15H,3,9-10H2,1-2H3,(H,16,18). The Morgan fingerprint density at radius 2 is 2.11 bits per heavy atom. The Hall–Kier alpha value is -1.39. The number of carbonyl (C=O) groups is 1. The Labute approximate surface area is 108 Å². The monoisotopic (exact) mass is 247 g/mol. The maximum atomic E-state index is 12.2. The first-order chi connectivity index (χ1) is 8.72. The SMILES string of the molecule is CCN(C1CNC1)C(C)C(=O)Nc1ccccc1. The maximum Gasteiger partial charge on any atom is 0.241 e. The summed E-state index contributed by atoms with van der Waals surface area (Å²) in [5.41, 5.74) is 0.858. The zero-order valence-electron chi connectivity index (χ0n) is 11.0. The fourth-order valence-corrected chi connectivity index (χ4v) is 2.28. The molecule has 1 saturated heterocycles. The lowest BCUT2D eigenvalue weighted by molar-refractivity contribution is -0.122. The minimum absolute atomic E-state index is 0.0648. The molecule has 1 unspecified atom stereocenters. The molecule has 1 heterocycles. The number of likely N-dealkylation sites (N-methyl/N-ethyl adjacent to an activating group) is 1. The second-order valence-electron chi connectivity index (χ2n) is 4.67. The molecule has 4 heteroatoms. The summed E-state index contributed by atoms with van der Waals surface area (Å²) in [5, 5.41) is 6.20. The van der Waals surface area contributed by atoms with E-state index in [-0.39, 0.29) is 11.9 Å². The first-order valence-electron chi connectivity index (χ1n) is 6.54. The van der Waals surface area contributed by atoms with Gasteiger partial charge in [-0.3, -0.25) is 9.69 Å². The van der Waals surface area contributed by atoms with Crippen LogP contribution in [0.4, 0.5) is 5.69 Å². The van der Waals surface area contributed by atoms with Crippen LogP contribution in [0.25, 0.3) is 0 Å². The summed E-state index contributed by atoms with van der Waals surface area (Å²) >= 11 is 0. The number of benzene rings is 1. The van der Waals surface area contributed by atoms with Gasteiger partial charge in [0.2, 0.25) is 5.91 Å². The molecule has 2 rings (SSSR count). The van der Waals surface area contributed by atoms with Crippen molar-refractivity contribution in [2.45, 2.75) is 25.9 Å². The van der Waals surface area contributed by atoms with E-state index < -0.39 is 0 Å². The van der Waals surface area contributed by atoms with Gasteiger partial charge in [0.25, 0.3) is 0 Å². The third-order valence-corrected chi connectivity index (χ3v) is 3.51. The van der Waals surface area contributed by atoms with Crippen molar-refractivity contribution < 1.29 is 4.79 Å². The minimum Gasteiger partial charge on any atom is -0.325 e. The van der Waals surface area contributed by atoms with Crippen LogP contribution in [0, 0.1) is 0 Å². The highest BCUT2D eigenvalue weighted by molar-refractivity contribution is 5.94. The molecule has 1 aromatic rings. The number of nitrogens with zero attached hydrogens (tertiary/aromatic N) is 1. The molecule has 0 aliphatic carbocycles. The molecule has 1 atom stereocenters. The molecule has 0 spiro atoms. The molecular weight excluding hydrogens is 226 g/mol. The lowest BCUT2D eigenvalue weighted by Crippen LogP contribution is -2.61. The van der Waals surface area contributed by atoms with Crippen molar-refractivity contribution in [1.29, 1.82) is 0 Å². The van der Waals surface area contributed by atoms with E-state index in [1.807, 2.05) is 37.3 Å². The topological polar surface area (TPSA) is 44.4 Å². The summed E-state index contributed by atoms with van der Waals surface area (Å²) in [4.78, 5) is 14.4. The molecule has 1 aromatic carbocycles. The minimum atomic E-state index is -0.0951. The van der Waals surface area contributed by atoms with Gasteiger partial charge in [0.1, 0.15) is 0 Å². The number of hydrogen-bond acceptors (Lipinski definition) is 3. The van der Waals surface area contributed by atoms with E-state index in [4.69, 9.17) is 0 Å². The Morgan fingerprint density at radius 1 is 1.44 bits per heavy atom. The molecule has 0 saturated carbocycles. The van der Waals surface area contributed by atoms with Gasteiger partial charge in [-0.25, -0.2) is 0 Å². The lowest BCUT2D eigenvalue weighted by Gasteiger charge is -2.40. The predicted octanol–water partition coefficient (Wildman–Crippen LogP) is 1.31. The van der Waals surface area contributed by atoms with E-state index in [9.17, 15) is 4.79 Å². The number of para-hydroxylation sites is 1. The number of amides is 1. The van der Waals surface area contributed by atoms with Crippen molar-refractivity contribution >= 4 is 11.6 Å². The average Bonchev–Trinajstić information content (AvgIpc) is 2.33. The normalized spacial score (nSPS) is 17.3. The van der Waals surface area contributed by atoms with Crippen LogP contribution in [0.2, 0.25) is 0 Å². The summed E-state index contributed by atoms with van der Waals surface area (Å²) in [7, 11) is 0.